The maximum Gasteiger partial charge on any atom is 0.224 e. The van der Waals surface area contributed by atoms with Gasteiger partial charge in [-0.2, -0.15) is 0 Å². The zero-order valence-electron chi connectivity index (χ0n) is 20.9. The van der Waals surface area contributed by atoms with Crippen LogP contribution in [0.25, 0.3) is 10.9 Å². The third-order valence-electron chi connectivity index (χ3n) is 7.94. The average Bonchev–Trinajstić information content (AvgIpc) is 3.28. The molecular weight excluding hydrogens is 461 g/mol. The maximum atomic E-state index is 14.6. The normalized spacial score (nSPS) is 19.6. The van der Waals surface area contributed by atoms with Gasteiger partial charge in [-0.05, 0) is 36.6 Å². The number of carbonyl (C=O) groups excluding carboxylic acids is 1. The van der Waals surface area contributed by atoms with Crippen molar-refractivity contribution in [2.45, 2.75) is 37.3 Å². The number of aromatic nitrogens is 1. The number of aromatic amines is 1. The first-order valence-electron chi connectivity index (χ1n) is 12.5. The number of aliphatic hydroxyl groups is 1. The van der Waals surface area contributed by atoms with E-state index in [1.54, 1.807) is 26.4 Å². The van der Waals surface area contributed by atoms with Gasteiger partial charge >= 0.3 is 0 Å². The van der Waals surface area contributed by atoms with E-state index in [0.717, 1.165) is 35.2 Å². The third kappa shape index (κ3) is 4.38. The number of carbonyl (C=O) groups is 1. The highest BCUT2D eigenvalue weighted by atomic mass is 19.1. The molecule has 0 aliphatic carbocycles. The van der Waals surface area contributed by atoms with Crippen molar-refractivity contribution >= 4 is 16.8 Å². The lowest BCUT2D eigenvalue weighted by Gasteiger charge is -2.50. The van der Waals surface area contributed by atoms with Crippen molar-refractivity contribution in [2.75, 3.05) is 47.1 Å². The number of amides is 1. The van der Waals surface area contributed by atoms with Crippen LogP contribution in [-0.4, -0.2) is 72.9 Å². The van der Waals surface area contributed by atoms with Crippen LogP contribution in [0, 0.1) is 5.82 Å². The van der Waals surface area contributed by atoms with Crippen LogP contribution in [0.1, 0.15) is 42.1 Å². The van der Waals surface area contributed by atoms with Crippen LogP contribution in [0.3, 0.4) is 0 Å². The standard InChI is InChI=1S/C28H34FN3O4/c1-35-14-9-25(34)31-12-10-28(11-13-31)18-32(16-19-5-3-4-6-22(19)29)24(17-33)27-26(28)21-8-7-20(36-2)15-23(21)30-27/h3-8,15,24,30,33H,9-14,16-18H2,1-2H3. The summed E-state index contributed by atoms with van der Waals surface area (Å²) in [7, 11) is 3.25. The zero-order chi connectivity index (χ0) is 25.3. The van der Waals surface area contributed by atoms with Crippen LogP contribution >= 0.6 is 0 Å². The zero-order valence-corrected chi connectivity index (χ0v) is 20.9. The van der Waals surface area contributed by atoms with Crippen LogP contribution < -0.4 is 4.74 Å². The number of piperidine rings is 1. The van der Waals surface area contributed by atoms with E-state index in [0.29, 0.717) is 44.8 Å². The molecule has 0 bridgehead atoms. The summed E-state index contributed by atoms with van der Waals surface area (Å²) in [5, 5.41) is 11.6. The molecule has 1 saturated heterocycles. The number of H-pyrrole nitrogens is 1. The summed E-state index contributed by atoms with van der Waals surface area (Å²) in [5.74, 6) is 0.634. The second-order valence-corrected chi connectivity index (χ2v) is 9.92. The SMILES string of the molecule is COCCC(=O)N1CCC2(CC1)CN(Cc1ccccc1F)C(CO)c1[nH]c3cc(OC)ccc3c12. The molecule has 1 amide bonds. The quantitative estimate of drug-likeness (QED) is 0.522. The number of hydrogen-bond donors (Lipinski definition) is 2. The highest BCUT2D eigenvalue weighted by Gasteiger charge is 2.47. The average molecular weight is 496 g/mol. The molecule has 0 radical (unpaired) electrons. The van der Waals surface area contributed by atoms with Crippen molar-refractivity contribution < 1.29 is 23.8 Å². The number of likely N-dealkylation sites (tertiary alicyclic amines) is 1. The van der Waals surface area contributed by atoms with E-state index in [1.165, 1.54) is 11.6 Å². The lowest BCUT2D eigenvalue weighted by Crippen LogP contribution is -2.54. The fourth-order valence-corrected chi connectivity index (χ4v) is 6.06. The van der Waals surface area contributed by atoms with Gasteiger partial charge in [-0.1, -0.05) is 18.2 Å². The molecule has 192 valence electrons. The Hall–Kier alpha value is -2.94. The highest BCUT2D eigenvalue weighted by molar-refractivity contribution is 5.88. The van der Waals surface area contributed by atoms with Gasteiger partial charge < -0.3 is 24.5 Å². The largest absolute Gasteiger partial charge is 0.497 e. The monoisotopic (exact) mass is 495 g/mol. The second-order valence-electron chi connectivity index (χ2n) is 9.92. The molecule has 1 unspecified atom stereocenters. The molecule has 36 heavy (non-hydrogen) atoms. The van der Waals surface area contributed by atoms with Crippen LogP contribution in [0.2, 0.25) is 0 Å². The minimum atomic E-state index is -0.287. The molecular formula is C28H34FN3O4. The lowest BCUT2D eigenvalue weighted by molar-refractivity contribution is -0.134. The molecule has 7 nitrogen and oxygen atoms in total. The van der Waals surface area contributed by atoms with Gasteiger partial charge in [0.25, 0.3) is 0 Å². The number of rotatable bonds is 7. The number of fused-ring (bicyclic) bond motifs is 4. The predicted octanol–water partition coefficient (Wildman–Crippen LogP) is 3.76. The number of hydrogen-bond acceptors (Lipinski definition) is 5. The maximum absolute atomic E-state index is 14.6. The van der Waals surface area contributed by atoms with E-state index < -0.39 is 0 Å². The van der Waals surface area contributed by atoms with E-state index in [4.69, 9.17) is 9.47 Å². The Balaban J connectivity index is 1.55. The molecule has 1 aromatic heterocycles. The van der Waals surface area contributed by atoms with Gasteiger partial charge in [0.1, 0.15) is 11.6 Å². The van der Waals surface area contributed by atoms with Crippen LogP contribution in [0.15, 0.2) is 42.5 Å². The van der Waals surface area contributed by atoms with E-state index in [9.17, 15) is 14.3 Å². The summed E-state index contributed by atoms with van der Waals surface area (Å²) < 4.78 is 25.2. The molecule has 2 aliphatic rings. The Morgan fingerprint density at radius 2 is 1.97 bits per heavy atom. The van der Waals surface area contributed by atoms with E-state index >= 15 is 0 Å². The first-order chi connectivity index (χ1) is 17.5. The van der Waals surface area contributed by atoms with Crippen LogP contribution in [0.5, 0.6) is 5.75 Å². The Labute approximate surface area is 210 Å². The molecule has 2 aromatic carbocycles. The number of nitrogens with one attached hydrogen (secondary N) is 1. The van der Waals surface area contributed by atoms with Crippen molar-refractivity contribution in [3.8, 4) is 5.75 Å². The molecule has 2 aliphatic heterocycles. The molecule has 1 atom stereocenters. The highest BCUT2D eigenvalue weighted by Crippen LogP contribution is 2.49. The molecule has 3 heterocycles. The Morgan fingerprint density at radius 3 is 2.67 bits per heavy atom. The Bertz CT molecular complexity index is 1230. The summed E-state index contributed by atoms with van der Waals surface area (Å²) in [4.78, 5) is 20.4. The number of halogens is 1. The fraction of sp³-hybridized carbons (Fsp3) is 0.464. The molecule has 3 aromatic rings. The molecule has 1 fully saturated rings. The molecule has 0 saturated carbocycles. The molecule has 2 N–H and O–H groups in total. The number of aliphatic hydroxyl groups excluding tert-OH is 1. The van der Waals surface area contributed by atoms with E-state index in [-0.39, 0.29) is 29.8 Å². The van der Waals surface area contributed by atoms with Gasteiger partial charge in [-0.25, -0.2) is 4.39 Å². The number of nitrogens with zero attached hydrogens (tertiary/aromatic N) is 2. The fourth-order valence-electron chi connectivity index (χ4n) is 6.06. The number of methoxy groups -OCH3 is 2. The first-order valence-corrected chi connectivity index (χ1v) is 12.5. The van der Waals surface area contributed by atoms with Crippen molar-refractivity contribution in [2.24, 2.45) is 0 Å². The predicted molar refractivity (Wildman–Crippen MR) is 135 cm³/mol. The first kappa shape index (κ1) is 24.7. The summed E-state index contributed by atoms with van der Waals surface area (Å²) >= 11 is 0. The summed E-state index contributed by atoms with van der Waals surface area (Å²) in [6, 6.07) is 12.6. The van der Waals surface area contributed by atoms with E-state index in [1.807, 2.05) is 23.1 Å². The molecule has 1 spiro atoms. The van der Waals surface area contributed by atoms with Gasteiger partial charge in [0, 0.05) is 66.9 Å². The van der Waals surface area contributed by atoms with Crippen molar-refractivity contribution in [3.05, 3.63) is 65.1 Å². The number of ether oxygens (including phenoxy) is 2. The summed E-state index contributed by atoms with van der Waals surface area (Å²) in [6.07, 6.45) is 1.97. The minimum Gasteiger partial charge on any atom is -0.497 e. The van der Waals surface area contributed by atoms with Gasteiger partial charge in [0.15, 0.2) is 0 Å². The Morgan fingerprint density at radius 1 is 1.19 bits per heavy atom. The van der Waals surface area contributed by atoms with Crippen molar-refractivity contribution in [1.29, 1.82) is 0 Å². The van der Waals surface area contributed by atoms with Gasteiger partial charge in [-0.15, -0.1) is 0 Å². The summed E-state index contributed by atoms with van der Waals surface area (Å²) in [6.45, 7) is 2.73. The lowest BCUT2D eigenvalue weighted by atomic mass is 9.68. The van der Waals surface area contributed by atoms with Gasteiger partial charge in [0.2, 0.25) is 5.91 Å². The van der Waals surface area contributed by atoms with Crippen LogP contribution in [-0.2, 0) is 21.5 Å². The molecule has 8 heteroatoms. The van der Waals surface area contributed by atoms with Gasteiger partial charge in [-0.3, -0.25) is 9.69 Å². The second kappa shape index (κ2) is 10.2. The topological polar surface area (TPSA) is 78.0 Å². The van der Waals surface area contributed by atoms with Crippen LogP contribution in [0.4, 0.5) is 4.39 Å². The van der Waals surface area contributed by atoms with Crippen molar-refractivity contribution in [3.63, 3.8) is 0 Å². The van der Waals surface area contributed by atoms with E-state index in [2.05, 4.69) is 16.0 Å². The van der Waals surface area contributed by atoms with Crippen molar-refractivity contribution in [1.82, 2.24) is 14.8 Å². The molecule has 5 rings (SSSR count). The minimum absolute atomic E-state index is 0.0802. The Kier molecular flexibility index (Phi) is 7.01. The smallest absolute Gasteiger partial charge is 0.224 e. The summed E-state index contributed by atoms with van der Waals surface area (Å²) in [5.41, 5.74) is 3.54. The number of benzene rings is 2. The third-order valence-corrected chi connectivity index (χ3v) is 7.94. The van der Waals surface area contributed by atoms with Gasteiger partial charge in [0.05, 0.1) is 32.8 Å².